The number of ether oxygens (including phenoxy) is 3. The van der Waals surface area contributed by atoms with Crippen molar-refractivity contribution in [1.29, 1.82) is 0 Å². The van der Waals surface area contributed by atoms with Gasteiger partial charge in [-0.15, -0.1) is 0 Å². The molecule has 0 spiro atoms. The van der Waals surface area contributed by atoms with Crippen molar-refractivity contribution in [3.05, 3.63) is 46.2 Å². The van der Waals surface area contributed by atoms with E-state index in [1.54, 1.807) is 7.11 Å². The molecule has 7 heteroatoms. The molecule has 2 aliphatic heterocycles. The lowest BCUT2D eigenvalue weighted by Crippen LogP contribution is -2.15. The summed E-state index contributed by atoms with van der Waals surface area (Å²) in [6.07, 6.45) is 7.16. The second-order valence-corrected chi connectivity index (χ2v) is 7.81. The molecule has 0 radical (unpaired) electrons. The first-order valence-corrected chi connectivity index (χ1v) is 10.8. The van der Waals surface area contributed by atoms with Crippen LogP contribution in [0.25, 0.3) is 5.57 Å². The third-order valence-electron chi connectivity index (χ3n) is 5.53. The van der Waals surface area contributed by atoms with Gasteiger partial charge in [-0.2, -0.15) is 0 Å². The van der Waals surface area contributed by atoms with Gasteiger partial charge in [-0.1, -0.05) is 0 Å². The Labute approximate surface area is 183 Å². The predicted octanol–water partition coefficient (Wildman–Crippen LogP) is 4.27. The first-order valence-electron chi connectivity index (χ1n) is 10.8. The SMILES string of the molecule is COCCCOc1cc2c(cc1C1CCCCO1)/C(C)=C/C(O)=C(C(=O)O)C=NCC2. The zero-order valence-electron chi connectivity index (χ0n) is 18.2. The van der Waals surface area contributed by atoms with Crippen LogP contribution in [0.1, 0.15) is 55.4 Å². The molecule has 0 amide bonds. The normalized spacial score (nSPS) is 21.2. The zero-order chi connectivity index (χ0) is 22.2. The number of nitrogens with zero attached hydrogens (tertiary/aromatic N) is 1. The minimum absolute atomic E-state index is 0.0450. The van der Waals surface area contributed by atoms with Crippen LogP contribution in [-0.2, 0) is 20.7 Å². The van der Waals surface area contributed by atoms with Gasteiger partial charge in [0, 0.05) is 45.1 Å². The Hall–Kier alpha value is -2.64. The van der Waals surface area contributed by atoms with E-state index in [-0.39, 0.29) is 17.4 Å². The van der Waals surface area contributed by atoms with Gasteiger partial charge in [0.05, 0.1) is 12.7 Å². The van der Waals surface area contributed by atoms with E-state index in [0.717, 1.165) is 60.3 Å². The highest BCUT2D eigenvalue weighted by molar-refractivity contribution is 6.09. The molecular formula is C24H31NO6. The number of hydrogen-bond acceptors (Lipinski definition) is 6. The molecule has 1 unspecified atom stereocenters. The Morgan fingerprint density at radius 3 is 2.84 bits per heavy atom. The largest absolute Gasteiger partial charge is 0.507 e. The molecule has 168 valence electrons. The van der Waals surface area contributed by atoms with Crippen molar-refractivity contribution < 1.29 is 29.2 Å². The van der Waals surface area contributed by atoms with Crippen LogP contribution < -0.4 is 4.74 Å². The molecule has 7 nitrogen and oxygen atoms in total. The highest BCUT2D eigenvalue weighted by Crippen LogP contribution is 2.38. The van der Waals surface area contributed by atoms with Crippen LogP contribution in [0.4, 0.5) is 0 Å². The van der Waals surface area contributed by atoms with Crippen molar-refractivity contribution in [2.75, 3.05) is 33.5 Å². The van der Waals surface area contributed by atoms with Gasteiger partial charge in [0.2, 0.25) is 0 Å². The maximum Gasteiger partial charge on any atom is 0.341 e. The van der Waals surface area contributed by atoms with E-state index in [0.29, 0.717) is 26.2 Å². The van der Waals surface area contributed by atoms with Gasteiger partial charge in [0.1, 0.15) is 17.1 Å². The predicted molar refractivity (Wildman–Crippen MR) is 119 cm³/mol. The number of hydrogen-bond donors (Lipinski definition) is 2. The van der Waals surface area contributed by atoms with Crippen LogP contribution >= 0.6 is 0 Å². The smallest absolute Gasteiger partial charge is 0.341 e. The number of fused-ring (bicyclic) bond motifs is 1. The second-order valence-electron chi connectivity index (χ2n) is 7.81. The fraction of sp³-hybridized carbons (Fsp3) is 0.500. The summed E-state index contributed by atoms with van der Waals surface area (Å²) < 4.78 is 17.3. The molecule has 2 aliphatic rings. The first kappa shape index (κ1) is 23.0. The summed E-state index contributed by atoms with van der Waals surface area (Å²) in [6, 6.07) is 4.12. The fourth-order valence-corrected chi connectivity index (χ4v) is 3.89. The summed E-state index contributed by atoms with van der Waals surface area (Å²) in [6.45, 7) is 4.18. The van der Waals surface area contributed by atoms with E-state index in [4.69, 9.17) is 14.2 Å². The van der Waals surface area contributed by atoms with Gasteiger partial charge in [0.15, 0.2) is 0 Å². The number of benzene rings is 1. The Bertz CT molecular complexity index is 880. The highest BCUT2D eigenvalue weighted by atomic mass is 16.5. The Kier molecular flexibility index (Phi) is 8.26. The van der Waals surface area contributed by atoms with Crippen LogP contribution in [0, 0.1) is 0 Å². The molecule has 31 heavy (non-hydrogen) atoms. The van der Waals surface area contributed by atoms with E-state index >= 15 is 0 Å². The Morgan fingerprint density at radius 1 is 1.29 bits per heavy atom. The van der Waals surface area contributed by atoms with Crippen LogP contribution in [0.2, 0.25) is 0 Å². The van der Waals surface area contributed by atoms with Crippen molar-refractivity contribution in [3.8, 4) is 5.75 Å². The van der Waals surface area contributed by atoms with Gasteiger partial charge in [-0.05, 0) is 67.5 Å². The van der Waals surface area contributed by atoms with E-state index in [2.05, 4.69) is 11.1 Å². The van der Waals surface area contributed by atoms with Gasteiger partial charge >= 0.3 is 5.97 Å². The summed E-state index contributed by atoms with van der Waals surface area (Å²) in [5, 5.41) is 19.7. The van der Waals surface area contributed by atoms with Gasteiger partial charge in [-0.3, -0.25) is 4.99 Å². The van der Waals surface area contributed by atoms with Crippen LogP contribution in [0.5, 0.6) is 5.75 Å². The molecule has 2 heterocycles. The van der Waals surface area contributed by atoms with Crippen molar-refractivity contribution in [3.63, 3.8) is 0 Å². The number of aliphatic imine (C=N–C) groups is 1. The van der Waals surface area contributed by atoms with Crippen molar-refractivity contribution in [2.24, 2.45) is 4.99 Å². The highest BCUT2D eigenvalue weighted by Gasteiger charge is 2.23. The Balaban J connectivity index is 2.04. The number of allylic oxidation sites excluding steroid dienone is 2. The number of carbonyl (C=O) groups is 1. The maximum absolute atomic E-state index is 11.5. The number of aliphatic hydroxyl groups is 1. The summed E-state index contributed by atoms with van der Waals surface area (Å²) >= 11 is 0. The summed E-state index contributed by atoms with van der Waals surface area (Å²) in [4.78, 5) is 15.7. The van der Waals surface area contributed by atoms with Crippen LogP contribution in [0.3, 0.4) is 0 Å². The zero-order valence-corrected chi connectivity index (χ0v) is 18.2. The molecule has 0 saturated carbocycles. The summed E-state index contributed by atoms with van der Waals surface area (Å²) in [5.41, 5.74) is 3.55. The van der Waals surface area contributed by atoms with Gasteiger partial charge in [0.25, 0.3) is 0 Å². The average molecular weight is 430 g/mol. The molecule has 1 aromatic rings. The molecule has 0 bridgehead atoms. The van der Waals surface area contributed by atoms with Crippen LogP contribution in [-0.4, -0.2) is 55.9 Å². The third-order valence-corrected chi connectivity index (χ3v) is 5.53. The monoisotopic (exact) mass is 429 g/mol. The van der Waals surface area contributed by atoms with Gasteiger partial charge < -0.3 is 24.4 Å². The minimum atomic E-state index is -1.21. The Morgan fingerprint density at radius 2 is 2.13 bits per heavy atom. The number of carboxylic acid groups (broad SMARTS) is 1. The minimum Gasteiger partial charge on any atom is -0.507 e. The number of rotatable bonds is 7. The molecule has 1 fully saturated rings. The lowest BCUT2D eigenvalue weighted by Gasteiger charge is -2.27. The molecule has 1 aromatic carbocycles. The maximum atomic E-state index is 11.5. The van der Waals surface area contributed by atoms with Crippen molar-refractivity contribution in [1.82, 2.24) is 0 Å². The van der Waals surface area contributed by atoms with Crippen molar-refractivity contribution >= 4 is 17.8 Å². The quantitative estimate of drug-likeness (QED) is 0.628. The number of carboxylic acids is 1. The van der Waals surface area contributed by atoms with Gasteiger partial charge in [-0.25, -0.2) is 4.79 Å². The summed E-state index contributed by atoms with van der Waals surface area (Å²) in [5.74, 6) is -0.708. The van der Waals surface area contributed by atoms with Crippen LogP contribution in [0.15, 0.2) is 34.5 Å². The number of methoxy groups -OCH3 is 1. The molecule has 1 atom stereocenters. The standard InChI is InChI=1S/C24H31NO6/c1-16-12-21(26)20(24(27)28)15-25-8-7-17-13-23(31-11-5-9-29-2)19(14-18(16)17)22-6-3-4-10-30-22/h12-15,22,26H,3-11H2,1-2H3,(H,27,28)/b16-12+,21-20?,25-15?. The van der Waals surface area contributed by atoms with E-state index in [1.165, 1.54) is 12.3 Å². The molecule has 3 rings (SSSR count). The fourth-order valence-electron chi connectivity index (χ4n) is 3.89. The molecule has 0 aliphatic carbocycles. The topological polar surface area (TPSA) is 97.6 Å². The average Bonchev–Trinajstić information content (AvgIpc) is 2.76. The van der Waals surface area contributed by atoms with Crippen molar-refractivity contribution in [2.45, 2.75) is 45.1 Å². The molecular weight excluding hydrogens is 398 g/mol. The van der Waals surface area contributed by atoms with E-state index in [1.807, 2.05) is 13.0 Å². The molecule has 1 saturated heterocycles. The lowest BCUT2D eigenvalue weighted by molar-refractivity contribution is -0.132. The van der Waals surface area contributed by atoms with E-state index < -0.39 is 5.97 Å². The number of aliphatic carboxylic acids is 1. The van der Waals surface area contributed by atoms with E-state index in [9.17, 15) is 15.0 Å². The molecule has 2 N–H and O–H groups in total. The number of aliphatic hydroxyl groups excluding tert-OH is 1. The summed E-state index contributed by atoms with van der Waals surface area (Å²) in [7, 11) is 1.67. The lowest BCUT2D eigenvalue weighted by atomic mass is 9.91. The third kappa shape index (κ3) is 5.95. The second kappa shape index (κ2) is 11.1. The molecule has 0 aromatic heterocycles. The first-order chi connectivity index (χ1) is 15.0.